The van der Waals surface area contributed by atoms with Gasteiger partial charge < -0.3 is 21.1 Å². The quantitative estimate of drug-likeness (QED) is 0.854. The molecule has 4 nitrogen and oxygen atoms in total. The lowest BCUT2D eigenvalue weighted by Gasteiger charge is -2.20. The minimum atomic E-state index is -0.216. The standard InChI is InChI=1S/C17H23N3O/c1-20(2)14-8-9-15(16(19)11-18)17(10-14)21-12-13-6-4-3-5-7-13/h3-10,16H,11-12,18-19H2,1-2H3. The van der Waals surface area contributed by atoms with Crippen LogP contribution in [-0.4, -0.2) is 20.6 Å². The molecule has 4 N–H and O–H groups in total. The summed E-state index contributed by atoms with van der Waals surface area (Å²) in [6.45, 7) is 0.908. The van der Waals surface area contributed by atoms with Gasteiger partial charge in [0.25, 0.3) is 0 Å². The van der Waals surface area contributed by atoms with Crippen LogP contribution in [-0.2, 0) is 6.61 Å². The zero-order valence-corrected chi connectivity index (χ0v) is 12.6. The van der Waals surface area contributed by atoms with Gasteiger partial charge in [-0.2, -0.15) is 0 Å². The van der Waals surface area contributed by atoms with Crippen molar-refractivity contribution in [2.45, 2.75) is 12.6 Å². The highest BCUT2D eigenvalue weighted by Gasteiger charge is 2.12. The molecule has 1 unspecified atom stereocenters. The largest absolute Gasteiger partial charge is 0.488 e. The molecule has 0 fully saturated rings. The first kappa shape index (κ1) is 15.4. The summed E-state index contributed by atoms with van der Waals surface area (Å²) < 4.78 is 5.97. The van der Waals surface area contributed by atoms with Gasteiger partial charge in [-0.3, -0.25) is 0 Å². The first-order chi connectivity index (χ1) is 10.1. The van der Waals surface area contributed by atoms with Crippen LogP contribution >= 0.6 is 0 Å². The average Bonchev–Trinajstić information content (AvgIpc) is 2.52. The number of rotatable bonds is 6. The molecule has 112 valence electrons. The summed E-state index contributed by atoms with van der Waals surface area (Å²) in [5, 5.41) is 0. The molecule has 0 aliphatic carbocycles. The molecule has 21 heavy (non-hydrogen) atoms. The van der Waals surface area contributed by atoms with E-state index in [-0.39, 0.29) is 6.04 Å². The SMILES string of the molecule is CN(C)c1ccc(C(N)CN)c(OCc2ccccc2)c1. The molecule has 2 aromatic rings. The molecule has 0 spiro atoms. The number of anilines is 1. The van der Waals surface area contributed by atoms with E-state index in [4.69, 9.17) is 16.2 Å². The van der Waals surface area contributed by atoms with Gasteiger partial charge in [0.2, 0.25) is 0 Å². The smallest absolute Gasteiger partial charge is 0.126 e. The topological polar surface area (TPSA) is 64.5 Å². The Hall–Kier alpha value is -2.04. The van der Waals surface area contributed by atoms with Crippen LogP contribution in [0.1, 0.15) is 17.2 Å². The monoisotopic (exact) mass is 285 g/mol. The van der Waals surface area contributed by atoms with E-state index < -0.39 is 0 Å². The predicted octanol–water partition coefficient (Wildman–Crippen LogP) is 2.29. The fourth-order valence-electron chi connectivity index (χ4n) is 2.09. The number of ether oxygens (including phenoxy) is 1. The van der Waals surface area contributed by atoms with Crippen molar-refractivity contribution < 1.29 is 4.74 Å². The van der Waals surface area contributed by atoms with Crippen molar-refractivity contribution in [3.63, 3.8) is 0 Å². The van der Waals surface area contributed by atoms with Gasteiger partial charge in [-0.05, 0) is 11.6 Å². The molecule has 2 rings (SSSR count). The summed E-state index contributed by atoms with van der Waals surface area (Å²) in [7, 11) is 4.00. The Labute approximate surface area is 126 Å². The zero-order chi connectivity index (χ0) is 15.2. The maximum atomic E-state index is 6.07. The normalized spacial score (nSPS) is 12.0. The lowest BCUT2D eigenvalue weighted by molar-refractivity contribution is 0.301. The summed E-state index contributed by atoms with van der Waals surface area (Å²) in [6.07, 6.45) is 0. The van der Waals surface area contributed by atoms with E-state index in [1.807, 2.05) is 67.5 Å². The lowest BCUT2D eigenvalue weighted by atomic mass is 10.1. The lowest BCUT2D eigenvalue weighted by Crippen LogP contribution is -2.22. The van der Waals surface area contributed by atoms with Gasteiger partial charge in [0, 0.05) is 44.0 Å². The van der Waals surface area contributed by atoms with E-state index in [2.05, 4.69) is 0 Å². The van der Waals surface area contributed by atoms with Crippen LogP contribution in [0.4, 0.5) is 5.69 Å². The van der Waals surface area contributed by atoms with Crippen molar-refractivity contribution in [2.24, 2.45) is 11.5 Å². The van der Waals surface area contributed by atoms with Crippen molar-refractivity contribution in [3.05, 3.63) is 59.7 Å². The number of benzene rings is 2. The van der Waals surface area contributed by atoms with Gasteiger partial charge in [-0.15, -0.1) is 0 Å². The van der Waals surface area contributed by atoms with Crippen LogP contribution in [0.5, 0.6) is 5.75 Å². The van der Waals surface area contributed by atoms with Crippen molar-refractivity contribution >= 4 is 5.69 Å². The van der Waals surface area contributed by atoms with Crippen molar-refractivity contribution in [1.82, 2.24) is 0 Å². The number of nitrogens with two attached hydrogens (primary N) is 2. The number of nitrogens with zero attached hydrogens (tertiary/aromatic N) is 1. The van der Waals surface area contributed by atoms with Gasteiger partial charge >= 0.3 is 0 Å². The summed E-state index contributed by atoms with van der Waals surface area (Å²) >= 11 is 0. The van der Waals surface area contributed by atoms with E-state index in [9.17, 15) is 0 Å². The maximum absolute atomic E-state index is 6.07. The molecular weight excluding hydrogens is 262 g/mol. The van der Waals surface area contributed by atoms with Gasteiger partial charge in [0.15, 0.2) is 0 Å². The van der Waals surface area contributed by atoms with Crippen LogP contribution in [0.25, 0.3) is 0 Å². The van der Waals surface area contributed by atoms with Crippen molar-refractivity contribution in [3.8, 4) is 5.75 Å². The molecule has 0 aliphatic rings. The summed E-state index contributed by atoms with van der Waals surface area (Å²) in [4.78, 5) is 2.03. The Bertz CT molecular complexity index is 570. The Kier molecular flexibility index (Phi) is 5.20. The number of hydrogen-bond donors (Lipinski definition) is 2. The Balaban J connectivity index is 2.23. The van der Waals surface area contributed by atoms with Crippen molar-refractivity contribution in [2.75, 3.05) is 25.5 Å². The molecule has 2 aromatic carbocycles. The molecule has 4 heteroatoms. The third-order valence-corrected chi connectivity index (χ3v) is 3.40. The van der Waals surface area contributed by atoms with Gasteiger partial charge in [-0.1, -0.05) is 36.4 Å². The van der Waals surface area contributed by atoms with E-state index in [1.165, 1.54) is 0 Å². The minimum absolute atomic E-state index is 0.216. The Morgan fingerprint density at radius 2 is 1.81 bits per heavy atom. The van der Waals surface area contributed by atoms with Crippen LogP contribution < -0.4 is 21.1 Å². The Morgan fingerprint density at radius 3 is 2.43 bits per heavy atom. The van der Waals surface area contributed by atoms with E-state index in [1.54, 1.807) is 0 Å². The van der Waals surface area contributed by atoms with Gasteiger partial charge in [-0.25, -0.2) is 0 Å². The second-order valence-electron chi connectivity index (χ2n) is 5.23. The maximum Gasteiger partial charge on any atom is 0.126 e. The highest BCUT2D eigenvalue weighted by atomic mass is 16.5. The minimum Gasteiger partial charge on any atom is -0.488 e. The average molecular weight is 285 g/mol. The third kappa shape index (κ3) is 3.97. The first-order valence-corrected chi connectivity index (χ1v) is 7.05. The molecule has 0 heterocycles. The molecule has 0 bridgehead atoms. The second kappa shape index (κ2) is 7.11. The highest BCUT2D eigenvalue weighted by Crippen LogP contribution is 2.29. The molecule has 0 aromatic heterocycles. The predicted molar refractivity (Wildman–Crippen MR) is 87.5 cm³/mol. The van der Waals surface area contributed by atoms with Gasteiger partial charge in [0.1, 0.15) is 12.4 Å². The second-order valence-corrected chi connectivity index (χ2v) is 5.23. The molecule has 0 radical (unpaired) electrons. The third-order valence-electron chi connectivity index (χ3n) is 3.40. The zero-order valence-electron chi connectivity index (χ0n) is 12.6. The summed E-state index contributed by atoms with van der Waals surface area (Å²) in [5.41, 5.74) is 14.9. The molecule has 0 saturated carbocycles. The molecular formula is C17H23N3O. The molecule has 0 amide bonds. The summed E-state index contributed by atoms with van der Waals surface area (Å²) in [6, 6.07) is 15.9. The molecule has 1 atom stereocenters. The number of hydrogen-bond acceptors (Lipinski definition) is 4. The highest BCUT2D eigenvalue weighted by molar-refractivity contribution is 5.53. The van der Waals surface area contributed by atoms with Crippen LogP contribution in [0.3, 0.4) is 0 Å². The molecule has 0 aliphatic heterocycles. The Morgan fingerprint density at radius 1 is 1.10 bits per heavy atom. The summed E-state index contributed by atoms with van der Waals surface area (Å²) in [5.74, 6) is 0.794. The first-order valence-electron chi connectivity index (χ1n) is 7.05. The molecule has 0 saturated heterocycles. The van der Waals surface area contributed by atoms with Crippen LogP contribution in [0.15, 0.2) is 48.5 Å². The van der Waals surface area contributed by atoms with E-state index in [0.29, 0.717) is 13.2 Å². The van der Waals surface area contributed by atoms with Crippen molar-refractivity contribution in [1.29, 1.82) is 0 Å². The van der Waals surface area contributed by atoms with Crippen LogP contribution in [0.2, 0.25) is 0 Å². The van der Waals surface area contributed by atoms with Gasteiger partial charge in [0.05, 0.1) is 0 Å². The fourth-order valence-corrected chi connectivity index (χ4v) is 2.09. The fraction of sp³-hybridized carbons (Fsp3) is 0.294. The van der Waals surface area contributed by atoms with E-state index in [0.717, 1.165) is 22.6 Å². The van der Waals surface area contributed by atoms with E-state index >= 15 is 0 Å². The van der Waals surface area contributed by atoms with Crippen LogP contribution in [0, 0.1) is 0 Å².